The van der Waals surface area contributed by atoms with Crippen molar-refractivity contribution < 1.29 is 17.9 Å². The summed E-state index contributed by atoms with van der Waals surface area (Å²) in [6.07, 6.45) is -2.99. The van der Waals surface area contributed by atoms with Gasteiger partial charge in [0.05, 0.1) is 0 Å². The van der Waals surface area contributed by atoms with Crippen molar-refractivity contribution >= 4 is 11.3 Å². The number of hydrogen-bond donors (Lipinski definition) is 0. The van der Waals surface area contributed by atoms with Gasteiger partial charge in [0.2, 0.25) is 0 Å². The second-order valence-electron chi connectivity index (χ2n) is 3.35. The summed E-state index contributed by atoms with van der Waals surface area (Å²) < 4.78 is 40.0. The van der Waals surface area contributed by atoms with Crippen LogP contribution in [0, 0.1) is 6.92 Å². The number of hydrogen-bond acceptors (Lipinski definition) is 3. The van der Waals surface area contributed by atoms with Crippen LogP contribution in [0.5, 0.6) is 5.75 Å². The molecule has 17 heavy (non-hydrogen) atoms. The van der Waals surface area contributed by atoms with Crippen LogP contribution in [0.4, 0.5) is 13.2 Å². The largest absolute Gasteiger partial charge is 0.573 e. The fourth-order valence-corrected chi connectivity index (χ4v) is 2.08. The smallest absolute Gasteiger partial charge is 0.406 e. The summed E-state index contributed by atoms with van der Waals surface area (Å²) in [5.41, 5.74) is 0.616. The molecule has 0 radical (unpaired) electrons. The molecular formula is C11H8F3NOS. The normalized spacial score (nSPS) is 11.5. The molecule has 0 unspecified atom stereocenters. The minimum Gasteiger partial charge on any atom is -0.406 e. The number of halogens is 3. The third-order valence-electron chi connectivity index (χ3n) is 1.94. The molecule has 6 heteroatoms. The van der Waals surface area contributed by atoms with E-state index in [-0.39, 0.29) is 5.75 Å². The van der Waals surface area contributed by atoms with Gasteiger partial charge in [-0.3, -0.25) is 0 Å². The van der Waals surface area contributed by atoms with Crippen LogP contribution in [-0.2, 0) is 0 Å². The van der Waals surface area contributed by atoms with Gasteiger partial charge in [-0.05, 0) is 19.1 Å². The molecule has 0 aliphatic rings. The van der Waals surface area contributed by atoms with Crippen molar-refractivity contribution in [3.05, 3.63) is 35.3 Å². The van der Waals surface area contributed by atoms with Crippen molar-refractivity contribution in [2.24, 2.45) is 0 Å². The van der Waals surface area contributed by atoms with E-state index in [0.717, 1.165) is 4.88 Å². The molecule has 2 aromatic rings. The fourth-order valence-electron chi connectivity index (χ4n) is 1.31. The zero-order valence-electron chi connectivity index (χ0n) is 8.78. The van der Waals surface area contributed by atoms with Crippen LogP contribution in [0.3, 0.4) is 0 Å². The lowest BCUT2D eigenvalue weighted by molar-refractivity contribution is -0.274. The number of aromatic nitrogens is 1. The summed E-state index contributed by atoms with van der Waals surface area (Å²) in [6, 6.07) is 5.79. The Morgan fingerprint density at radius 1 is 1.29 bits per heavy atom. The van der Waals surface area contributed by atoms with Gasteiger partial charge in [-0.1, -0.05) is 12.1 Å². The zero-order chi connectivity index (χ0) is 12.5. The average Bonchev–Trinajstić information content (AvgIpc) is 2.63. The molecular weight excluding hydrogens is 251 g/mol. The predicted octanol–water partition coefficient (Wildman–Crippen LogP) is 4.02. The summed E-state index contributed by atoms with van der Waals surface area (Å²) in [6.45, 7) is 1.89. The highest BCUT2D eigenvalue weighted by Crippen LogP contribution is 2.29. The van der Waals surface area contributed by atoms with Gasteiger partial charge in [0.25, 0.3) is 0 Å². The molecule has 0 fully saturated rings. The Bertz CT molecular complexity index is 521. The molecule has 1 aromatic heterocycles. The second kappa shape index (κ2) is 4.37. The van der Waals surface area contributed by atoms with Crippen LogP contribution in [0.1, 0.15) is 4.88 Å². The lowest BCUT2D eigenvalue weighted by atomic mass is 10.2. The maximum absolute atomic E-state index is 12.0. The number of benzene rings is 1. The van der Waals surface area contributed by atoms with Gasteiger partial charge in [0, 0.05) is 16.6 Å². The first-order valence-electron chi connectivity index (χ1n) is 4.73. The molecule has 0 amide bonds. The Kier molecular flexibility index (Phi) is 3.06. The molecule has 0 atom stereocenters. The molecule has 0 spiro atoms. The van der Waals surface area contributed by atoms with E-state index in [0.29, 0.717) is 10.6 Å². The molecule has 1 heterocycles. The third-order valence-corrected chi connectivity index (χ3v) is 2.90. The molecule has 0 aliphatic carbocycles. The van der Waals surface area contributed by atoms with Crippen LogP contribution in [0.25, 0.3) is 10.6 Å². The number of alkyl halides is 3. The number of rotatable bonds is 2. The first-order chi connectivity index (χ1) is 7.94. The number of aryl methyl sites for hydroxylation is 1. The number of nitrogens with zero attached hydrogens (tertiary/aromatic N) is 1. The van der Waals surface area contributed by atoms with E-state index in [1.165, 1.54) is 29.5 Å². The monoisotopic (exact) mass is 259 g/mol. The van der Waals surface area contributed by atoms with E-state index in [4.69, 9.17) is 0 Å². The van der Waals surface area contributed by atoms with Crippen molar-refractivity contribution in [2.75, 3.05) is 0 Å². The average molecular weight is 259 g/mol. The van der Waals surface area contributed by atoms with E-state index >= 15 is 0 Å². The summed E-state index contributed by atoms with van der Waals surface area (Å²) in [5.74, 6) is -0.233. The minimum absolute atomic E-state index is 0.233. The van der Waals surface area contributed by atoms with E-state index in [2.05, 4.69) is 9.72 Å². The first kappa shape index (κ1) is 11.9. The predicted molar refractivity (Wildman–Crippen MR) is 59.0 cm³/mol. The molecule has 1 aromatic carbocycles. The van der Waals surface area contributed by atoms with Crippen LogP contribution < -0.4 is 4.74 Å². The second-order valence-corrected chi connectivity index (χ2v) is 4.59. The zero-order valence-corrected chi connectivity index (χ0v) is 9.60. The highest BCUT2D eigenvalue weighted by molar-refractivity contribution is 7.14. The lowest BCUT2D eigenvalue weighted by Crippen LogP contribution is -2.17. The Hall–Kier alpha value is -1.56. The summed E-state index contributed by atoms with van der Waals surface area (Å²) in [7, 11) is 0. The standard InChI is InChI=1S/C11H8F3NOS/c1-7-6-15-10(17-7)8-3-2-4-9(5-8)16-11(12,13)14/h2-6H,1H3. The highest BCUT2D eigenvalue weighted by atomic mass is 32.1. The van der Waals surface area contributed by atoms with Crippen molar-refractivity contribution in [3.8, 4) is 16.3 Å². The molecule has 0 bridgehead atoms. The van der Waals surface area contributed by atoms with Crippen molar-refractivity contribution in [1.29, 1.82) is 0 Å². The summed E-state index contributed by atoms with van der Waals surface area (Å²) >= 11 is 1.42. The van der Waals surface area contributed by atoms with Gasteiger partial charge in [0.15, 0.2) is 0 Å². The Morgan fingerprint density at radius 3 is 2.65 bits per heavy atom. The Labute approximate surface area is 99.7 Å². The van der Waals surface area contributed by atoms with Crippen LogP contribution in [0.2, 0.25) is 0 Å². The topological polar surface area (TPSA) is 22.1 Å². The molecule has 0 N–H and O–H groups in total. The van der Waals surface area contributed by atoms with Gasteiger partial charge in [-0.15, -0.1) is 24.5 Å². The molecule has 0 saturated heterocycles. The molecule has 0 saturated carbocycles. The minimum atomic E-state index is -4.67. The Balaban J connectivity index is 2.29. The fraction of sp³-hybridized carbons (Fsp3) is 0.182. The van der Waals surface area contributed by atoms with Crippen molar-refractivity contribution in [2.45, 2.75) is 13.3 Å². The van der Waals surface area contributed by atoms with Gasteiger partial charge in [-0.2, -0.15) is 0 Å². The van der Waals surface area contributed by atoms with Gasteiger partial charge < -0.3 is 4.74 Å². The van der Waals surface area contributed by atoms with E-state index < -0.39 is 6.36 Å². The Morgan fingerprint density at radius 2 is 2.06 bits per heavy atom. The lowest BCUT2D eigenvalue weighted by Gasteiger charge is -2.09. The maximum atomic E-state index is 12.0. The molecule has 0 aliphatic heterocycles. The summed E-state index contributed by atoms with van der Waals surface area (Å²) in [4.78, 5) is 5.11. The highest BCUT2D eigenvalue weighted by Gasteiger charge is 2.31. The van der Waals surface area contributed by atoms with Gasteiger partial charge >= 0.3 is 6.36 Å². The van der Waals surface area contributed by atoms with Gasteiger partial charge in [0.1, 0.15) is 10.8 Å². The molecule has 90 valence electrons. The van der Waals surface area contributed by atoms with Crippen LogP contribution >= 0.6 is 11.3 Å². The number of ether oxygens (including phenoxy) is 1. The van der Waals surface area contributed by atoms with Crippen LogP contribution in [-0.4, -0.2) is 11.3 Å². The van der Waals surface area contributed by atoms with Gasteiger partial charge in [-0.25, -0.2) is 4.98 Å². The number of thiazole rings is 1. The van der Waals surface area contributed by atoms with Crippen LogP contribution in [0.15, 0.2) is 30.5 Å². The van der Waals surface area contributed by atoms with Crippen molar-refractivity contribution in [3.63, 3.8) is 0 Å². The SMILES string of the molecule is Cc1cnc(-c2cccc(OC(F)(F)F)c2)s1. The first-order valence-corrected chi connectivity index (χ1v) is 5.54. The van der Waals surface area contributed by atoms with E-state index in [1.807, 2.05) is 6.92 Å². The quantitative estimate of drug-likeness (QED) is 0.812. The summed E-state index contributed by atoms with van der Waals surface area (Å²) in [5, 5.41) is 0.676. The maximum Gasteiger partial charge on any atom is 0.573 e. The third kappa shape index (κ3) is 3.20. The van der Waals surface area contributed by atoms with Crippen molar-refractivity contribution in [1.82, 2.24) is 4.98 Å². The van der Waals surface area contributed by atoms with E-state index in [9.17, 15) is 13.2 Å². The molecule has 2 nitrogen and oxygen atoms in total. The molecule has 2 rings (SSSR count). The van der Waals surface area contributed by atoms with E-state index in [1.54, 1.807) is 12.3 Å².